The van der Waals surface area contributed by atoms with Crippen molar-refractivity contribution in [3.05, 3.63) is 63.9 Å². The van der Waals surface area contributed by atoms with E-state index < -0.39 is 5.82 Å². The molecule has 104 valence electrons. The Morgan fingerprint density at radius 1 is 1.30 bits per heavy atom. The van der Waals surface area contributed by atoms with Gasteiger partial charge in [0, 0.05) is 20.7 Å². The van der Waals surface area contributed by atoms with Crippen LogP contribution >= 0.6 is 27.7 Å². The number of thioether (sulfide) groups is 1. The van der Waals surface area contributed by atoms with Gasteiger partial charge in [-0.2, -0.15) is 0 Å². The quantitative estimate of drug-likeness (QED) is 0.287. The molecule has 0 aliphatic rings. The van der Waals surface area contributed by atoms with E-state index in [9.17, 15) is 4.39 Å². The van der Waals surface area contributed by atoms with Crippen molar-refractivity contribution < 1.29 is 9.60 Å². The van der Waals surface area contributed by atoms with Gasteiger partial charge in [-0.1, -0.05) is 17.3 Å². The van der Waals surface area contributed by atoms with Crippen LogP contribution in [0.15, 0.2) is 57.0 Å². The van der Waals surface area contributed by atoms with E-state index in [4.69, 9.17) is 10.9 Å². The second-order valence-corrected chi connectivity index (χ2v) is 5.92. The average molecular weight is 355 g/mol. The third-order valence-corrected chi connectivity index (χ3v) is 4.69. The average Bonchev–Trinajstić information content (AvgIpc) is 2.45. The van der Waals surface area contributed by atoms with Crippen molar-refractivity contribution in [2.24, 2.45) is 10.9 Å². The minimum Gasteiger partial charge on any atom is -0.409 e. The van der Waals surface area contributed by atoms with Gasteiger partial charge in [0.25, 0.3) is 0 Å². The van der Waals surface area contributed by atoms with Gasteiger partial charge in [-0.05, 0) is 51.8 Å². The molecule has 0 radical (unpaired) electrons. The molecule has 0 aromatic heterocycles. The number of nitrogens with two attached hydrogens (primary N) is 1. The maximum atomic E-state index is 13.5. The third kappa shape index (κ3) is 3.74. The molecule has 6 heteroatoms. The molecule has 2 rings (SSSR count). The highest BCUT2D eigenvalue weighted by Crippen LogP contribution is 2.30. The Hall–Kier alpha value is -1.53. The number of amidine groups is 1. The second-order valence-electron chi connectivity index (χ2n) is 4.05. The largest absolute Gasteiger partial charge is 0.409 e. The lowest BCUT2D eigenvalue weighted by Gasteiger charge is -2.06. The van der Waals surface area contributed by atoms with Gasteiger partial charge in [0.1, 0.15) is 5.82 Å². The molecule has 0 bridgehead atoms. The molecule has 3 N–H and O–H groups in total. The molecule has 20 heavy (non-hydrogen) atoms. The summed E-state index contributed by atoms with van der Waals surface area (Å²) in [5, 5.41) is 11.5. The minimum atomic E-state index is -0.406. The van der Waals surface area contributed by atoms with Gasteiger partial charge < -0.3 is 10.9 Å². The molecule has 3 nitrogen and oxygen atoms in total. The number of benzene rings is 2. The predicted molar refractivity (Wildman–Crippen MR) is 82.6 cm³/mol. The molecule has 0 atom stereocenters. The second kappa shape index (κ2) is 6.76. The summed E-state index contributed by atoms with van der Waals surface area (Å²) >= 11 is 5.05. The zero-order chi connectivity index (χ0) is 14.5. The molecule has 2 aromatic carbocycles. The zero-order valence-corrected chi connectivity index (χ0v) is 12.8. The molecule has 0 heterocycles. The maximum Gasteiger partial charge on any atom is 0.170 e. The molecule has 0 amide bonds. The van der Waals surface area contributed by atoms with E-state index in [1.165, 1.54) is 12.1 Å². The lowest BCUT2D eigenvalue weighted by atomic mass is 10.1. The Morgan fingerprint density at radius 3 is 2.75 bits per heavy atom. The van der Waals surface area contributed by atoms with Gasteiger partial charge in [-0.15, -0.1) is 11.8 Å². The van der Waals surface area contributed by atoms with Crippen LogP contribution in [0.1, 0.15) is 11.1 Å². The number of halogens is 2. The molecule has 0 saturated carbocycles. The standard InChI is InChI=1S/C14H12BrFN2OS/c15-12-3-1-2-4-13(12)20-8-9-5-10(14(17)18-19)7-11(16)6-9/h1-7,19H,8H2,(H2,17,18). The maximum absolute atomic E-state index is 13.5. The van der Waals surface area contributed by atoms with Crippen molar-refractivity contribution in [1.29, 1.82) is 0 Å². The first-order chi connectivity index (χ1) is 9.60. The third-order valence-electron chi connectivity index (χ3n) is 2.59. The van der Waals surface area contributed by atoms with Crippen LogP contribution < -0.4 is 5.73 Å². The van der Waals surface area contributed by atoms with Crippen LogP contribution in [-0.4, -0.2) is 11.0 Å². The van der Waals surface area contributed by atoms with Crippen molar-refractivity contribution in [2.75, 3.05) is 0 Å². The summed E-state index contributed by atoms with van der Waals surface area (Å²) in [7, 11) is 0. The molecular weight excluding hydrogens is 343 g/mol. The SMILES string of the molecule is N/C(=N/O)c1cc(F)cc(CSc2ccccc2Br)c1. The number of rotatable bonds is 4. The van der Waals surface area contributed by atoms with Gasteiger partial charge in [0.15, 0.2) is 5.84 Å². The van der Waals surface area contributed by atoms with Crippen molar-refractivity contribution >= 4 is 33.5 Å². The first kappa shape index (κ1) is 14.9. The highest BCUT2D eigenvalue weighted by molar-refractivity contribution is 9.10. The van der Waals surface area contributed by atoms with Gasteiger partial charge in [0.05, 0.1) is 0 Å². The summed E-state index contributed by atoms with van der Waals surface area (Å²) in [6.45, 7) is 0. The van der Waals surface area contributed by atoms with Crippen molar-refractivity contribution in [2.45, 2.75) is 10.6 Å². The molecule has 0 aliphatic carbocycles. The van der Waals surface area contributed by atoms with E-state index in [0.717, 1.165) is 14.9 Å². The molecular formula is C14H12BrFN2OS. The van der Waals surface area contributed by atoms with Crippen LogP contribution in [0.4, 0.5) is 4.39 Å². The highest BCUT2D eigenvalue weighted by Gasteiger charge is 2.06. The topological polar surface area (TPSA) is 58.6 Å². The van der Waals surface area contributed by atoms with Crippen LogP contribution in [0, 0.1) is 5.82 Å². The minimum absolute atomic E-state index is 0.100. The van der Waals surface area contributed by atoms with Crippen LogP contribution in [0.2, 0.25) is 0 Å². The Kier molecular flexibility index (Phi) is 5.03. The van der Waals surface area contributed by atoms with E-state index >= 15 is 0 Å². The van der Waals surface area contributed by atoms with Crippen LogP contribution in [-0.2, 0) is 5.75 Å². The van der Waals surface area contributed by atoms with Gasteiger partial charge >= 0.3 is 0 Å². The van der Waals surface area contributed by atoms with E-state index in [2.05, 4.69) is 21.1 Å². The fourth-order valence-electron chi connectivity index (χ4n) is 1.66. The number of oxime groups is 1. The van der Waals surface area contributed by atoms with E-state index in [1.54, 1.807) is 17.8 Å². The highest BCUT2D eigenvalue weighted by atomic mass is 79.9. The van der Waals surface area contributed by atoms with Crippen molar-refractivity contribution in [1.82, 2.24) is 0 Å². The van der Waals surface area contributed by atoms with Gasteiger partial charge in [-0.3, -0.25) is 0 Å². The lowest BCUT2D eigenvalue weighted by Crippen LogP contribution is -2.13. The fraction of sp³-hybridized carbons (Fsp3) is 0.0714. The smallest absolute Gasteiger partial charge is 0.170 e. The number of hydrogen-bond donors (Lipinski definition) is 2. The van der Waals surface area contributed by atoms with Crippen molar-refractivity contribution in [3.63, 3.8) is 0 Å². The van der Waals surface area contributed by atoms with Gasteiger partial charge in [-0.25, -0.2) is 4.39 Å². The normalized spacial score (nSPS) is 11.6. The monoisotopic (exact) mass is 354 g/mol. The Balaban J connectivity index is 2.18. The van der Waals surface area contributed by atoms with Gasteiger partial charge in [0.2, 0.25) is 0 Å². The molecule has 0 fully saturated rings. The number of nitrogens with zero attached hydrogens (tertiary/aromatic N) is 1. The molecule has 0 aliphatic heterocycles. The summed E-state index contributed by atoms with van der Waals surface area (Å²) in [5.74, 6) is 0.0833. The summed E-state index contributed by atoms with van der Waals surface area (Å²) in [5.41, 5.74) is 6.62. The summed E-state index contributed by atoms with van der Waals surface area (Å²) < 4.78 is 14.5. The molecule has 0 spiro atoms. The van der Waals surface area contributed by atoms with Crippen molar-refractivity contribution in [3.8, 4) is 0 Å². The molecule has 0 unspecified atom stereocenters. The first-order valence-corrected chi connectivity index (χ1v) is 7.52. The Bertz CT molecular complexity index is 649. The summed E-state index contributed by atoms with van der Waals surface area (Å²) in [6, 6.07) is 12.2. The van der Waals surface area contributed by atoms with Crippen LogP contribution in [0.25, 0.3) is 0 Å². The summed E-state index contributed by atoms with van der Waals surface area (Å²) in [6.07, 6.45) is 0. The first-order valence-electron chi connectivity index (χ1n) is 5.75. The Morgan fingerprint density at radius 2 is 2.05 bits per heavy atom. The number of hydrogen-bond acceptors (Lipinski definition) is 3. The van der Waals surface area contributed by atoms with E-state index in [1.807, 2.05) is 24.3 Å². The van der Waals surface area contributed by atoms with E-state index in [-0.39, 0.29) is 5.84 Å². The zero-order valence-electron chi connectivity index (χ0n) is 10.4. The van der Waals surface area contributed by atoms with Crippen LogP contribution in [0.3, 0.4) is 0 Å². The van der Waals surface area contributed by atoms with E-state index in [0.29, 0.717) is 11.3 Å². The van der Waals surface area contributed by atoms with Crippen LogP contribution in [0.5, 0.6) is 0 Å². The lowest BCUT2D eigenvalue weighted by molar-refractivity contribution is 0.318. The fourth-order valence-corrected chi connectivity index (χ4v) is 3.16. The summed E-state index contributed by atoms with van der Waals surface area (Å²) in [4.78, 5) is 1.07. The Labute approximate surface area is 128 Å². The molecule has 2 aromatic rings. The predicted octanol–water partition coefficient (Wildman–Crippen LogP) is 3.98. The molecule has 0 saturated heterocycles.